The van der Waals surface area contributed by atoms with Gasteiger partial charge in [-0.15, -0.1) is 10.2 Å². The Morgan fingerprint density at radius 1 is 1.24 bits per heavy atom. The van der Waals surface area contributed by atoms with E-state index in [0.29, 0.717) is 11.1 Å². The van der Waals surface area contributed by atoms with Crippen LogP contribution in [0.25, 0.3) is 5.69 Å². The Kier molecular flexibility index (Phi) is 5.03. The summed E-state index contributed by atoms with van der Waals surface area (Å²) in [5.74, 6) is 2.15. The van der Waals surface area contributed by atoms with Crippen LogP contribution in [0, 0.1) is 0 Å². The number of ether oxygens (including phenoxy) is 2. The van der Waals surface area contributed by atoms with Gasteiger partial charge in [0.2, 0.25) is 0 Å². The van der Waals surface area contributed by atoms with Crippen LogP contribution in [0.15, 0.2) is 29.4 Å². The summed E-state index contributed by atoms with van der Waals surface area (Å²) >= 11 is 1.35. The average molecular weight is 361 g/mol. The molecule has 1 saturated carbocycles. The number of carbonyl (C=O) groups excluding carboxylic acids is 1. The molecule has 0 radical (unpaired) electrons. The standard InChI is InChI=1S/C18H23N3O3S/c1-18(2,3)24-15(22)11-25-17-20-19-16(12-5-6-12)21(17)13-7-9-14(23-4)10-8-13/h7-10,12H,5-6,11H2,1-4H3. The Hall–Kier alpha value is -2.02. The number of hydrogen-bond acceptors (Lipinski definition) is 6. The first-order valence-electron chi connectivity index (χ1n) is 8.32. The van der Waals surface area contributed by atoms with Gasteiger partial charge in [0.25, 0.3) is 0 Å². The molecule has 0 amide bonds. The molecule has 1 heterocycles. The van der Waals surface area contributed by atoms with Gasteiger partial charge in [-0.1, -0.05) is 11.8 Å². The molecule has 3 rings (SSSR count). The number of carbonyl (C=O) groups is 1. The zero-order chi connectivity index (χ0) is 18.0. The molecule has 1 aromatic carbocycles. The Morgan fingerprint density at radius 3 is 2.48 bits per heavy atom. The summed E-state index contributed by atoms with van der Waals surface area (Å²) in [5, 5.41) is 9.37. The summed E-state index contributed by atoms with van der Waals surface area (Å²) in [4.78, 5) is 12.0. The van der Waals surface area contributed by atoms with E-state index < -0.39 is 5.60 Å². The fourth-order valence-corrected chi connectivity index (χ4v) is 3.18. The van der Waals surface area contributed by atoms with Crippen molar-refractivity contribution in [2.45, 2.75) is 50.3 Å². The van der Waals surface area contributed by atoms with E-state index >= 15 is 0 Å². The Morgan fingerprint density at radius 2 is 1.92 bits per heavy atom. The van der Waals surface area contributed by atoms with Gasteiger partial charge in [0.05, 0.1) is 12.9 Å². The van der Waals surface area contributed by atoms with Crippen LogP contribution < -0.4 is 4.74 Å². The molecule has 1 aliphatic rings. The lowest BCUT2D eigenvalue weighted by atomic mass is 10.2. The van der Waals surface area contributed by atoms with Crippen molar-refractivity contribution in [3.63, 3.8) is 0 Å². The predicted molar refractivity (Wildman–Crippen MR) is 96.5 cm³/mol. The largest absolute Gasteiger partial charge is 0.497 e. The molecule has 0 saturated heterocycles. The number of hydrogen-bond donors (Lipinski definition) is 0. The summed E-state index contributed by atoms with van der Waals surface area (Å²) < 4.78 is 12.6. The molecule has 0 N–H and O–H groups in total. The number of methoxy groups -OCH3 is 1. The molecule has 0 aliphatic heterocycles. The molecule has 1 aliphatic carbocycles. The van der Waals surface area contributed by atoms with Crippen molar-refractivity contribution in [2.24, 2.45) is 0 Å². The molecular formula is C18H23N3O3S. The number of esters is 1. The molecule has 0 atom stereocenters. The minimum absolute atomic E-state index is 0.205. The van der Waals surface area contributed by atoms with Gasteiger partial charge >= 0.3 is 5.97 Å². The van der Waals surface area contributed by atoms with E-state index in [0.717, 1.165) is 30.1 Å². The summed E-state index contributed by atoms with van der Waals surface area (Å²) in [6.45, 7) is 5.59. The molecule has 1 fully saturated rings. The smallest absolute Gasteiger partial charge is 0.316 e. The number of thioether (sulfide) groups is 1. The summed E-state index contributed by atoms with van der Waals surface area (Å²) in [6, 6.07) is 7.78. The van der Waals surface area contributed by atoms with Crippen molar-refractivity contribution in [2.75, 3.05) is 12.9 Å². The van der Waals surface area contributed by atoms with Crippen LogP contribution >= 0.6 is 11.8 Å². The summed E-state index contributed by atoms with van der Waals surface area (Å²) in [7, 11) is 1.64. The van der Waals surface area contributed by atoms with Crippen LogP contribution in [0.4, 0.5) is 0 Å². The van der Waals surface area contributed by atoms with Gasteiger partial charge in [-0.25, -0.2) is 0 Å². The van der Waals surface area contributed by atoms with Crippen molar-refractivity contribution in [3.8, 4) is 11.4 Å². The van der Waals surface area contributed by atoms with Crippen LogP contribution in [0.1, 0.15) is 45.4 Å². The molecule has 0 bridgehead atoms. The quantitative estimate of drug-likeness (QED) is 0.579. The van der Waals surface area contributed by atoms with E-state index in [4.69, 9.17) is 9.47 Å². The molecule has 1 aromatic heterocycles. The second-order valence-corrected chi connectivity index (χ2v) is 7.97. The number of aromatic nitrogens is 3. The van der Waals surface area contributed by atoms with E-state index in [1.54, 1.807) is 7.11 Å². The SMILES string of the molecule is COc1ccc(-n2c(SCC(=O)OC(C)(C)C)nnc2C2CC2)cc1. The lowest BCUT2D eigenvalue weighted by Crippen LogP contribution is -2.25. The minimum atomic E-state index is -0.486. The van der Waals surface area contributed by atoms with Gasteiger partial charge in [-0.3, -0.25) is 9.36 Å². The molecule has 6 nitrogen and oxygen atoms in total. The second-order valence-electron chi connectivity index (χ2n) is 7.02. The van der Waals surface area contributed by atoms with Crippen molar-refractivity contribution in [1.29, 1.82) is 0 Å². The minimum Gasteiger partial charge on any atom is -0.497 e. The van der Waals surface area contributed by atoms with Gasteiger partial charge < -0.3 is 9.47 Å². The average Bonchev–Trinajstić information content (AvgIpc) is 3.31. The highest BCUT2D eigenvalue weighted by molar-refractivity contribution is 7.99. The maximum atomic E-state index is 12.0. The van der Waals surface area contributed by atoms with E-state index in [-0.39, 0.29) is 11.7 Å². The third kappa shape index (κ3) is 4.54. The van der Waals surface area contributed by atoms with Crippen molar-refractivity contribution in [1.82, 2.24) is 14.8 Å². The van der Waals surface area contributed by atoms with Crippen LogP contribution in [-0.4, -0.2) is 39.2 Å². The third-order valence-electron chi connectivity index (χ3n) is 3.67. The highest BCUT2D eigenvalue weighted by atomic mass is 32.2. The van der Waals surface area contributed by atoms with Crippen molar-refractivity contribution >= 4 is 17.7 Å². The first-order valence-corrected chi connectivity index (χ1v) is 9.30. The fourth-order valence-electron chi connectivity index (χ4n) is 2.45. The lowest BCUT2D eigenvalue weighted by molar-refractivity contribution is -0.151. The van der Waals surface area contributed by atoms with Gasteiger partial charge in [0.15, 0.2) is 5.16 Å². The van der Waals surface area contributed by atoms with Crippen molar-refractivity contribution in [3.05, 3.63) is 30.1 Å². The number of rotatable bonds is 6. The molecule has 134 valence electrons. The van der Waals surface area contributed by atoms with E-state index in [1.165, 1.54) is 11.8 Å². The van der Waals surface area contributed by atoms with E-state index in [9.17, 15) is 4.79 Å². The first-order chi connectivity index (χ1) is 11.9. The lowest BCUT2D eigenvalue weighted by Gasteiger charge is -2.19. The topological polar surface area (TPSA) is 66.2 Å². The van der Waals surface area contributed by atoms with Gasteiger partial charge in [0.1, 0.15) is 17.2 Å². The van der Waals surface area contributed by atoms with Gasteiger partial charge in [-0.05, 0) is 57.9 Å². The first kappa shape index (κ1) is 17.8. The van der Waals surface area contributed by atoms with Crippen LogP contribution in [0.3, 0.4) is 0 Å². The number of benzene rings is 1. The normalized spacial score (nSPS) is 14.4. The summed E-state index contributed by atoms with van der Waals surface area (Å²) in [5.41, 5.74) is 0.486. The van der Waals surface area contributed by atoms with E-state index in [1.807, 2.05) is 49.6 Å². The Labute approximate surface area is 151 Å². The van der Waals surface area contributed by atoms with Crippen LogP contribution in [0.5, 0.6) is 5.75 Å². The highest BCUT2D eigenvalue weighted by Gasteiger charge is 2.31. The predicted octanol–water partition coefficient (Wildman–Crippen LogP) is 3.59. The molecule has 7 heteroatoms. The zero-order valence-electron chi connectivity index (χ0n) is 15.0. The third-order valence-corrected chi connectivity index (χ3v) is 4.57. The maximum absolute atomic E-state index is 12.0. The highest BCUT2D eigenvalue weighted by Crippen LogP contribution is 2.41. The Balaban J connectivity index is 1.81. The monoisotopic (exact) mass is 361 g/mol. The number of nitrogens with zero attached hydrogens (tertiary/aromatic N) is 3. The fraction of sp³-hybridized carbons (Fsp3) is 0.500. The van der Waals surface area contributed by atoms with Gasteiger partial charge in [0, 0.05) is 11.6 Å². The summed E-state index contributed by atoms with van der Waals surface area (Å²) in [6.07, 6.45) is 2.26. The molecule has 2 aromatic rings. The molecule has 0 unspecified atom stereocenters. The van der Waals surface area contributed by atoms with Gasteiger partial charge in [-0.2, -0.15) is 0 Å². The second kappa shape index (κ2) is 7.07. The van der Waals surface area contributed by atoms with Crippen LogP contribution in [-0.2, 0) is 9.53 Å². The van der Waals surface area contributed by atoms with E-state index in [2.05, 4.69) is 10.2 Å². The van der Waals surface area contributed by atoms with Crippen LogP contribution in [0.2, 0.25) is 0 Å². The molecular weight excluding hydrogens is 338 g/mol. The molecule has 0 spiro atoms. The Bertz CT molecular complexity index is 746. The van der Waals surface area contributed by atoms with Crippen molar-refractivity contribution < 1.29 is 14.3 Å². The molecule has 25 heavy (non-hydrogen) atoms. The maximum Gasteiger partial charge on any atom is 0.316 e. The zero-order valence-corrected chi connectivity index (χ0v) is 15.8.